The standard InChI is InChI=1S/C22H34O5S/c1-16(2)28(24,25)15-18-8-11-19(12-9-18)20(23)7-5-6-17-10-13-21(26-3)22(14-17)27-4/h10,13-14,16,18-19H,5-9,11-12,15H2,1-4H3. The number of methoxy groups -OCH3 is 2. The molecule has 0 saturated heterocycles. The molecule has 1 fully saturated rings. The van der Waals surface area contributed by atoms with Crippen LogP contribution in [0, 0.1) is 11.8 Å². The predicted octanol–water partition coefficient (Wildman–Crippen LogP) is 4.23. The van der Waals surface area contributed by atoms with E-state index >= 15 is 0 Å². The molecule has 1 aromatic rings. The first-order chi connectivity index (χ1) is 13.3. The van der Waals surface area contributed by atoms with Crippen LogP contribution in [-0.2, 0) is 21.1 Å². The second kappa shape index (κ2) is 10.3. The number of hydrogen-bond donors (Lipinski definition) is 0. The molecule has 6 heteroatoms. The molecule has 0 spiro atoms. The highest BCUT2D eigenvalue weighted by atomic mass is 32.2. The number of Topliss-reactive ketones (excluding diaryl/α,β-unsaturated/α-hetero) is 1. The first-order valence-electron chi connectivity index (χ1n) is 10.2. The van der Waals surface area contributed by atoms with Crippen LogP contribution in [0.25, 0.3) is 0 Å². The maximum absolute atomic E-state index is 12.5. The highest BCUT2D eigenvalue weighted by molar-refractivity contribution is 7.91. The number of ether oxygens (including phenoxy) is 2. The Morgan fingerprint density at radius 2 is 1.71 bits per heavy atom. The van der Waals surface area contributed by atoms with Gasteiger partial charge in [-0.3, -0.25) is 4.79 Å². The van der Waals surface area contributed by atoms with E-state index in [4.69, 9.17) is 9.47 Å². The fourth-order valence-electron chi connectivity index (χ4n) is 3.88. The molecule has 1 aliphatic carbocycles. The summed E-state index contributed by atoms with van der Waals surface area (Å²) in [4.78, 5) is 12.5. The molecular weight excluding hydrogens is 376 g/mol. The Hall–Kier alpha value is -1.56. The lowest BCUT2D eigenvalue weighted by Gasteiger charge is -2.28. The van der Waals surface area contributed by atoms with Crippen LogP contribution in [0.2, 0.25) is 0 Å². The van der Waals surface area contributed by atoms with E-state index in [0.717, 1.165) is 44.1 Å². The monoisotopic (exact) mass is 410 g/mol. The zero-order valence-electron chi connectivity index (χ0n) is 17.6. The minimum absolute atomic E-state index is 0.100. The van der Waals surface area contributed by atoms with Crippen LogP contribution in [-0.4, -0.2) is 39.4 Å². The highest BCUT2D eigenvalue weighted by Crippen LogP contribution is 2.32. The van der Waals surface area contributed by atoms with Crippen molar-refractivity contribution >= 4 is 15.6 Å². The van der Waals surface area contributed by atoms with Crippen molar-refractivity contribution in [1.82, 2.24) is 0 Å². The normalized spacial score (nSPS) is 20.2. The number of carbonyl (C=O) groups is 1. The number of carbonyl (C=O) groups excluding carboxylic acids is 1. The van der Waals surface area contributed by atoms with Gasteiger partial charge in [-0.25, -0.2) is 8.42 Å². The number of hydrogen-bond acceptors (Lipinski definition) is 5. The van der Waals surface area contributed by atoms with Crippen molar-refractivity contribution in [2.75, 3.05) is 20.0 Å². The Morgan fingerprint density at radius 1 is 1.07 bits per heavy atom. The highest BCUT2D eigenvalue weighted by Gasteiger charge is 2.29. The quantitative estimate of drug-likeness (QED) is 0.577. The topological polar surface area (TPSA) is 69.7 Å². The number of ketones is 1. The van der Waals surface area contributed by atoms with Gasteiger partial charge >= 0.3 is 0 Å². The molecule has 5 nitrogen and oxygen atoms in total. The number of rotatable bonds is 10. The maximum Gasteiger partial charge on any atom is 0.160 e. The Morgan fingerprint density at radius 3 is 2.29 bits per heavy atom. The smallest absolute Gasteiger partial charge is 0.160 e. The van der Waals surface area contributed by atoms with Crippen molar-refractivity contribution in [1.29, 1.82) is 0 Å². The zero-order chi connectivity index (χ0) is 20.7. The Labute approximate surface area is 169 Å². The van der Waals surface area contributed by atoms with E-state index in [-0.39, 0.29) is 22.8 Å². The molecule has 0 amide bonds. The number of sulfone groups is 1. The Kier molecular flexibility index (Phi) is 8.35. The minimum atomic E-state index is -3.00. The fourth-order valence-corrected chi connectivity index (χ4v) is 5.25. The molecule has 0 N–H and O–H groups in total. The molecule has 0 bridgehead atoms. The van der Waals surface area contributed by atoms with Crippen molar-refractivity contribution in [3.63, 3.8) is 0 Å². The van der Waals surface area contributed by atoms with Crippen LogP contribution in [0.15, 0.2) is 18.2 Å². The summed E-state index contributed by atoms with van der Waals surface area (Å²) in [5.74, 6) is 2.32. The largest absolute Gasteiger partial charge is 0.493 e. The molecule has 1 aromatic carbocycles. The van der Waals surface area contributed by atoms with E-state index in [0.29, 0.717) is 23.7 Å². The summed E-state index contributed by atoms with van der Waals surface area (Å²) < 4.78 is 34.8. The second-order valence-electron chi connectivity index (χ2n) is 8.11. The van der Waals surface area contributed by atoms with Crippen molar-refractivity contribution in [3.8, 4) is 11.5 Å². The first-order valence-corrected chi connectivity index (χ1v) is 11.9. The van der Waals surface area contributed by atoms with Gasteiger partial charge < -0.3 is 9.47 Å². The summed E-state index contributed by atoms with van der Waals surface area (Å²) in [7, 11) is 0.238. The lowest BCUT2D eigenvalue weighted by Crippen LogP contribution is -2.28. The molecule has 28 heavy (non-hydrogen) atoms. The van der Waals surface area contributed by atoms with Gasteiger partial charge in [0, 0.05) is 12.3 Å². The molecule has 158 valence electrons. The van der Waals surface area contributed by atoms with E-state index in [2.05, 4.69) is 0 Å². The van der Waals surface area contributed by atoms with Gasteiger partial charge in [0.05, 0.1) is 25.2 Å². The van der Waals surface area contributed by atoms with Gasteiger partial charge in [0.1, 0.15) is 5.78 Å². The SMILES string of the molecule is COc1ccc(CCCC(=O)C2CCC(CS(=O)(=O)C(C)C)CC2)cc1OC. The van der Waals surface area contributed by atoms with Crippen LogP contribution in [0.5, 0.6) is 11.5 Å². The molecule has 1 saturated carbocycles. The van der Waals surface area contributed by atoms with Crippen molar-refractivity contribution < 1.29 is 22.7 Å². The molecule has 2 rings (SSSR count). The van der Waals surface area contributed by atoms with E-state index < -0.39 is 9.84 Å². The van der Waals surface area contributed by atoms with Crippen molar-refractivity contribution in [2.24, 2.45) is 11.8 Å². The molecular formula is C22H34O5S. The van der Waals surface area contributed by atoms with Crippen LogP contribution in [0.4, 0.5) is 0 Å². The van der Waals surface area contributed by atoms with Crippen LogP contribution in [0.1, 0.15) is 57.9 Å². The van der Waals surface area contributed by atoms with Gasteiger partial charge in [0.25, 0.3) is 0 Å². The van der Waals surface area contributed by atoms with E-state index in [1.54, 1.807) is 28.1 Å². The first kappa shape index (κ1) is 22.7. The summed E-state index contributed by atoms with van der Waals surface area (Å²) in [6.07, 6.45) is 5.56. The summed E-state index contributed by atoms with van der Waals surface area (Å²) in [5.41, 5.74) is 1.13. The van der Waals surface area contributed by atoms with Crippen molar-refractivity contribution in [2.45, 2.75) is 64.0 Å². The summed E-state index contributed by atoms with van der Waals surface area (Å²) in [5, 5.41) is -0.316. The average molecular weight is 411 g/mol. The third-order valence-electron chi connectivity index (χ3n) is 5.82. The van der Waals surface area contributed by atoms with Gasteiger partial charge in [-0.2, -0.15) is 0 Å². The lowest BCUT2D eigenvalue weighted by molar-refractivity contribution is -0.124. The van der Waals surface area contributed by atoms with E-state index in [9.17, 15) is 13.2 Å². The summed E-state index contributed by atoms with van der Waals surface area (Å²) in [6.45, 7) is 3.48. The Balaban J connectivity index is 1.76. The minimum Gasteiger partial charge on any atom is -0.493 e. The van der Waals surface area contributed by atoms with Gasteiger partial charge in [-0.05, 0) is 76.0 Å². The lowest BCUT2D eigenvalue weighted by atomic mass is 9.80. The third-order valence-corrected chi connectivity index (χ3v) is 8.20. The zero-order valence-corrected chi connectivity index (χ0v) is 18.4. The maximum atomic E-state index is 12.5. The molecule has 0 unspecified atom stereocenters. The fraction of sp³-hybridized carbons (Fsp3) is 0.682. The number of aryl methyl sites for hydroxylation is 1. The van der Waals surface area contributed by atoms with Gasteiger partial charge in [0.15, 0.2) is 21.3 Å². The van der Waals surface area contributed by atoms with Crippen LogP contribution in [0.3, 0.4) is 0 Å². The van der Waals surface area contributed by atoms with Crippen molar-refractivity contribution in [3.05, 3.63) is 23.8 Å². The summed E-state index contributed by atoms with van der Waals surface area (Å²) in [6, 6.07) is 5.86. The van der Waals surface area contributed by atoms with Gasteiger partial charge in [0.2, 0.25) is 0 Å². The molecule has 0 aliphatic heterocycles. The number of benzene rings is 1. The van der Waals surface area contributed by atoms with Gasteiger partial charge in [-0.15, -0.1) is 0 Å². The van der Waals surface area contributed by atoms with E-state index in [1.165, 1.54) is 0 Å². The molecule has 1 aliphatic rings. The molecule has 0 aromatic heterocycles. The second-order valence-corrected chi connectivity index (χ2v) is 10.7. The third kappa shape index (κ3) is 6.23. The molecule has 0 heterocycles. The predicted molar refractivity (Wildman–Crippen MR) is 112 cm³/mol. The molecule has 0 atom stereocenters. The van der Waals surface area contributed by atoms with Gasteiger partial charge in [-0.1, -0.05) is 6.07 Å². The van der Waals surface area contributed by atoms with E-state index in [1.807, 2.05) is 18.2 Å². The van der Waals surface area contributed by atoms with Crippen LogP contribution < -0.4 is 9.47 Å². The van der Waals surface area contributed by atoms with Crippen LogP contribution >= 0.6 is 0 Å². The average Bonchev–Trinajstić information content (AvgIpc) is 2.67. The molecule has 0 radical (unpaired) electrons. The summed E-state index contributed by atoms with van der Waals surface area (Å²) >= 11 is 0. The Bertz CT molecular complexity index is 746.